The average Bonchev–Trinajstić information content (AvgIpc) is 2.74. The quantitative estimate of drug-likeness (QED) is 0.820. The number of phenols is 1. The predicted octanol–water partition coefficient (Wildman–Crippen LogP) is 4.13. The Morgan fingerprint density at radius 2 is 1.79 bits per heavy atom. The maximum Gasteiger partial charge on any atom is 0.120 e. The van der Waals surface area contributed by atoms with Gasteiger partial charge in [-0.2, -0.15) is 0 Å². The molecule has 0 unspecified atom stereocenters. The Morgan fingerprint density at radius 1 is 1.10 bits per heavy atom. The van der Waals surface area contributed by atoms with Crippen molar-refractivity contribution in [2.45, 2.75) is 50.9 Å². The Bertz CT molecular complexity index is 868. The van der Waals surface area contributed by atoms with Gasteiger partial charge in [-0.05, 0) is 62.6 Å². The Kier molecular flexibility index (Phi) is 5.61. The lowest BCUT2D eigenvalue weighted by molar-refractivity contribution is 0.103. The van der Waals surface area contributed by atoms with E-state index in [9.17, 15) is 5.11 Å². The third-order valence-electron chi connectivity index (χ3n) is 6.28. The first-order valence-corrected chi connectivity index (χ1v) is 10.5. The molecule has 1 fully saturated rings. The van der Waals surface area contributed by atoms with Crippen LogP contribution in [-0.4, -0.2) is 47.6 Å². The predicted molar refractivity (Wildman–Crippen MR) is 117 cm³/mol. The van der Waals surface area contributed by atoms with E-state index in [4.69, 9.17) is 9.73 Å². The summed E-state index contributed by atoms with van der Waals surface area (Å²) in [7, 11) is 1.68. The number of rotatable bonds is 4. The van der Waals surface area contributed by atoms with Gasteiger partial charge < -0.3 is 14.7 Å². The number of likely N-dealkylation sites (tertiary alicyclic amines) is 1. The van der Waals surface area contributed by atoms with Crippen molar-refractivity contribution in [2.75, 3.05) is 20.2 Å². The molecule has 1 spiro atoms. The Hall–Kier alpha value is -2.37. The molecule has 4 rings (SSSR count). The largest absolute Gasteiger partial charge is 0.508 e. The highest BCUT2D eigenvalue weighted by molar-refractivity contribution is 6.01. The van der Waals surface area contributed by atoms with E-state index in [2.05, 4.69) is 36.2 Å². The second-order valence-electron chi connectivity index (χ2n) is 8.41. The highest BCUT2D eigenvalue weighted by atomic mass is 16.5. The molecule has 0 bridgehead atoms. The molecule has 0 aromatic heterocycles. The minimum absolute atomic E-state index is 0.0383. The molecule has 2 N–H and O–H groups in total. The van der Waals surface area contributed by atoms with Gasteiger partial charge in [0.2, 0.25) is 0 Å². The number of aliphatic imine (C=N–C) groups is 1. The summed E-state index contributed by atoms with van der Waals surface area (Å²) in [6, 6.07) is 16.4. The van der Waals surface area contributed by atoms with E-state index in [0.29, 0.717) is 11.8 Å². The number of piperidine rings is 1. The molecule has 1 atom stereocenters. The molecule has 29 heavy (non-hydrogen) atoms. The van der Waals surface area contributed by atoms with Crippen LogP contribution in [0.4, 0.5) is 0 Å². The van der Waals surface area contributed by atoms with Crippen molar-refractivity contribution < 1.29 is 9.84 Å². The van der Waals surface area contributed by atoms with E-state index >= 15 is 0 Å². The van der Waals surface area contributed by atoms with E-state index in [1.807, 2.05) is 30.3 Å². The summed E-state index contributed by atoms with van der Waals surface area (Å²) >= 11 is 0. The summed E-state index contributed by atoms with van der Waals surface area (Å²) in [5, 5.41) is 14.3. The number of para-hydroxylation sites is 1. The van der Waals surface area contributed by atoms with Crippen LogP contribution in [0.2, 0.25) is 0 Å². The van der Waals surface area contributed by atoms with Crippen molar-refractivity contribution in [3.8, 4) is 11.5 Å². The Labute approximate surface area is 173 Å². The second kappa shape index (κ2) is 8.17. The van der Waals surface area contributed by atoms with Crippen LogP contribution in [0.3, 0.4) is 0 Å². The van der Waals surface area contributed by atoms with Crippen molar-refractivity contribution in [3.05, 3.63) is 59.7 Å². The van der Waals surface area contributed by atoms with Crippen molar-refractivity contribution in [1.82, 2.24) is 10.2 Å². The van der Waals surface area contributed by atoms with Gasteiger partial charge in [-0.3, -0.25) is 10.3 Å². The summed E-state index contributed by atoms with van der Waals surface area (Å²) < 4.78 is 5.32. The molecule has 2 aliphatic rings. The number of nitrogens with one attached hydrogen (secondary N) is 1. The van der Waals surface area contributed by atoms with Crippen LogP contribution in [0.5, 0.6) is 11.5 Å². The van der Waals surface area contributed by atoms with Crippen LogP contribution >= 0.6 is 0 Å². The molecule has 0 saturated carbocycles. The van der Waals surface area contributed by atoms with E-state index in [0.717, 1.165) is 54.9 Å². The van der Waals surface area contributed by atoms with Gasteiger partial charge in [0.15, 0.2) is 0 Å². The lowest BCUT2D eigenvalue weighted by atomic mass is 9.87. The standard InChI is InChI=1S/C24H31N3O2/c1-17(2)27-14-12-24(13-15-27)25-21(18-8-10-19(29-3)11-9-18)16-22(26-24)20-6-4-5-7-23(20)28/h4-11,17,22,26,28H,12-16H2,1-3H3/t22-/m0/s1. The summed E-state index contributed by atoms with van der Waals surface area (Å²) in [6.45, 7) is 6.56. The fraction of sp³-hybridized carbons (Fsp3) is 0.458. The first kappa shape index (κ1) is 19.9. The molecule has 0 radical (unpaired) electrons. The lowest BCUT2D eigenvalue weighted by Crippen LogP contribution is -2.56. The van der Waals surface area contributed by atoms with Crippen molar-refractivity contribution in [2.24, 2.45) is 4.99 Å². The van der Waals surface area contributed by atoms with Gasteiger partial charge in [0, 0.05) is 42.9 Å². The van der Waals surface area contributed by atoms with Gasteiger partial charge in [-0.1, -0.05) is 18.2 Å². The zero-order chi connectivity index (χ0) is 20.4. The number of aromatic hydroxyl groups is 1. The number of ether oxygens (including phenoxy) is 1. The highest BCUT2D eigenvalue weighted by Gasteiger charge is 2.40. The van der Waals surface area contributed by atoms with Crippen LogP contribution in [0, 0.1) is 0 Å². The number of phenolic OH excluding ortho intramolecular Hbond substituents is 1. The maximum absolute atomic E-state index is 10.5. The molecule has 0 aliphatic carbocycles. The van der Waals surface area contributed by atoms with Crippen LogP contribution in [0.15, 0.2) is 53.5 Å². The van der Waals surface area contributed by atoms with Crippen LogP contribution < -0.4 is 10.1 Å². The van der Waals surface area contributed by atoms with E-state index in [1.165, 1.54) is 0 Å². The van der Waals surface area contributed by atoms with E-state index in [-0.39, 0.29) is 11.7 Å². The van der Waals surface area contributed by atoms with Gasteiger partial charge in [0.1, 0.15) is 17.2 Å². The van der Waals surface area contributed by atoms with Crippen LogP contribution in [0.25, 0.3) is 0 Å². The zero-order valence-corrected chi connectivity index (χ0v) is 17.6. The molecule has 2 aromatic carbocycles. The van der Waals surface area contributed by atoms with Gasteiger partial charge in [-0.25, -0.2) is 0 Å². The Morgan fingerprint density at radius 3 is 2.41 bits per heavy atom. The molecule has 1 saturated heterocycles. The van der Waals surface area contributed by atoms with Crippen molar-refractivity contribution in [1.29, 1.82) is 0 Å². The average molecular weight is 394 g/mol. The van der Waals surface area contributed by atoms with Crippen LogP contribution in [-0.2, 0) is 0 Å². The first-order valence-electron chi connectivity index (χ1n) is 10.5. The third-order valence-corrected chi connectivity index (χ3v) is 6.28. The van der Waals surface area contributed by atoms with E-state index in [1.54, 1.807) is 13.2 Å². The summed E-state index contributed by atoms with van der Waals surface area (Å²) in [4.78, 5) is 7.77. The highest BCUT2D eigenvalue weighted by Crippen LogP contribution is 2.37. The molecule has 2 aliphatic heterocycles. The molecule has 5 heteroatoms. The topological polar surface area (TPSA) is 57.1 Å². The minimum atomic E-state index is -0.286. The van der Waals surface area contributed by atoms with Gasteiger partial charge >= 0.3 is 0 Å². The molecule has 2 heterocycles. The number of hydrogen-bond donors (Lipinski definition) is 2. The van der Waals surface area contributed by atoms with Crippen LogP contribution in [0.1, 0.15) is 50.3 Å². The summed E-state index contributed by atoms with van der Waals surface area (Å²) in [5.41, 5.74) is 2.88. The molecule has 2 aromatic rings. The second-order valence-corrected chi connectivity index (χ2v) is 8.41. The lowest BCUT2D eigenvalue weighted by Gasteiger charge is -2.46. The van der Waals surface area contributed by atoms with Gasteiger partial charge in [0.25, 0.3) is 0 Å². The molecule has 0 amide bonds. The maximum atomic E-state index is 10.5. The van der Waals surface area contributed by atoms with E-state index < -0.39 is 0 Å². The molecule has 5 nitrogen and oxygen atoms in total. The SMILES string of the molecule is COc1ccc(C2=NC3(CCN(C(C)C)CC3)N[C@H](c3ccccc3O)C2)cc1. The zero-order valence-electron chi connectivity index (χ0n) is 17.6. The molecule has 154 valence electrons. The molecular formula is C24H31N3O2. The summed E-state index contributed by atoms with van der Waals surface area (Å²) in [6.07, 6.45) is 2.68. The minimum Gasteiger partial charge on any atom is -0.508 e. The van der Waals surface area contributed by atoms with Gasteiger partial charge in [-0.15, -0.1) is 0 Å². The smallest absolute Gasteiger partial charge is 0.120 e. The number of benzene rings is 2. The first-order chi connectivity index (χ1) is 14.0. The van der Waals surface area contributed by atoms with Crippen molar-refractivity contribution >= 4 is 5.71 Å². The Balaban J connectivity index is 1.68. The number of methoxy groups -OCH3 is 1. The summed E-state index contributed by atoms with van der Waals surface area (Å²) in [5.74, 6) is 1.19. The fourth-order valence-corrected chi connectivity index (χ4v) is 4.51. The monoisotopic (exact) mass is 393 g/mol. The molecular weight excluding hydrogens is 362 g/mol. The van der Waals surface area contributed by atoms with Crippen molar-refractivity contribution in [3.63, 3.8) is 0 Å². The number of nitrogens with zero attached hydrogens (tertiary/aromatic N) is 2. The fourth-order valence-electron chi connectivity index (χ4n) is 4.51. The normalized spacial score (nSPS) is 21.9. The van der Waals surface area contributed by atoms with Gasteiger partial charge in [0.05, 0.1) is 7.11 Å². The number of hydrogen-bond acceptors (Lipinski definition) is 5. The third kappa shape index (κ3) is 4.16.